The summed E-state index contributed by atoms with van der Waals surface area (Å²) in [6.45, 7) is 6.62. The number of halogens is 1. The summed E-state index contributed by atoms with van der Waals surface area (Å²) in [6.07, 6.45) is 0. The normalized spacial score (nSPS) is 14.6. The van der Waals surface area contributed by atoms with Crippen molar-refractivity contribution in [3.63, 3.8) is 0 Å². The number of rotatable bonds is 4. The van der Waals surface area contributed by atoms with Crippen molar-refractivity contribution in [3.05, 3.63) is 40.8 Å². The third-order valence-corrected chi connectivity index (χ3v) is 5.32. The molecule has 0 radical (unpaired) electrons. The summed E-state index contributed by atoms with van der Waals surface area (Å²) >= 11 is 6.19. The number of carbonyl (C=O) groups excluding carboxylic acids is 1. The Morgan fingerprint density at radius 3 is 2.62 bits per heavy atom. The summed E-state index contributed by atoms with van der Waals surface area (Å²) in [5.41, 5.74) is 2.40. The van der Waals surface area contributed by atoms with Crippen LogP contribution < -0.4 is 4.90 Å². The Labute approximate surface area is 174 Å². The van der Waals surface area contributed by atoms with E-state index < -0.39 is 0 Å². The first-order valence-corrected chi connectivity index (χ1v) is 9.87. The number of benzene rings is 1. The summed E-state index contributed by atoms with van der Waals surface area (Å²) in [4.78, 5) is 25.2. The Bertz CT molecular complexity index is 1060. The molecule has 3 heterocycles. The lowest BCUT2D eigenvalue weighted by molar-refractivity contribution is -0.129. The van der Waals surface area contributed by atoms with E-state index in [0.717, 1.165) is 28.2 Å². The van der Waals surface area contributed by atoms with Gasteiger partial charge in [0, 0.05) is 45.2 Å². The highest BCUT2D eigenvalue weighted by Crippen LogP contribution is 2.30. The van der Waals surface area contributed by atoms with E-state index in [0.29, 0.717) is 43.6 Å². The Morgan fingerprint density at radius 2 is 1.97 bits per heavy atom. The number of fused-ring (bicyclic) bond motifs is 1. The number of anilines is 1. The minimum atomic E-state index is 0.0995. The third kappa shape index (κ3) is 3.77. The molecule has 1 aliphatic rings. The first-order valence-electron chi connectivity index (χ1n) is 9.49. The van der Waals surface area contributed by atoms with Crippen molar-refractivity contribution >= 4 is 34.4 Å². The molecule has 1 aromatic carbocycles. The molecular weight excluding hydrogens is 392 g/mol. The second-order valence-corrected chi connectivity index (χ2v) is 7.50. The lowest BCUT2D eigenvalue weighted by atomic mass is 10.2. The number of ether oxygens (including phenoxy) is 1. The van der Waals surface area contributed by atoms with Gasteiger partial charge in [0.15, 0.2) is 11.5 Å². The molecule has 0 saturated carbocycles. The molecule has 3 aromatic rings. The Balaban J connectivity index is 1.83. The van der Waals surface area contributed by atoms with Crippen LogP contribution in [0.3, 0.4) is 0 Å². The second kappa shape index (κ2) is 7.96. The zero-order valence-electron chi connectivity index (χ0n) is 16.7. The maximum atomic E-state index is 11.7. The fourth-order valence-electron chi connectivity index (χ4n) is 3.65. The van der Waals surface area contributed by atoms with E-state index in [1.807, 2.05) is 36.1 Å². The molecule has 0 N–H and O–H groups in total. The van der Waals surface area contributed by atoms with Crippen LogP contribution >= 0.6 is 11.6 Å². The SMILES string of the molecule is COCc1nc(N2CCN(C(C)=O)CC2)c2c(C)nn(-c3cccc(Cl)c3)c2n1. The van der Waals surface area contributed by atoms with Gasteiger partial charge in [-0.1, -0.05) is 17.7 Å². The molecule has 9 heteroatoms. The molecule has 0 atom stereocenters. The number of hydrogen-bond donors (Lipinski definition) is 0. The minimum absolute atomic E-state index is 0.0995. The number of nitrogens with zero attached hydrogens (tertiary/aromatic N) is 6. The number of hydrogen-bond acceptors (Lipinski definition) is 6. The number of aryl methyl sites for hydroxylation is 1. The van der Waals surface area contributed by atoms with Gasteiger partial charge in [-0.25, -0.2) is 14.6 Å². The Hall–Kier alpha value is -2.71. The van der Waals surface area contributed by atoms with E-state index in [4.69, 9.17) is 31.4 Å². The average Bonchev–Trinajstić information content (AvgIpc) is 3.04. The molecule has 1 saturated heterocycles. The molecule has 0 unspecified atom stereocenters. The molecule has 1 amide bonds. The van der Waals surface area contributed by atoms with Gasteiger partial charge in [-0.3, -0.25) is 4.79 Å². The van der Waals surface area contributed by atoms with Gasteiger partial charge in [0.2, 0.25) is 5.91 Å². The van der Waals surface area contributed by atoms with E-state index in [9.17, 15) is 4.79 Å². The highest BCUT2D eigenvalue weighted by molar-refractivity contribution is 6.30. The first-order chi connectivity index (χ1) is 14.0. The second-order valence-electron chi connectivity index (χ2n) is 7.07. The lowest BCUT2D eigenvalue weighted by Gasteiger charge is -2.35. The molecular formula is C20H23ClN6O2. The van der Waals surface area contributed by atoms with Crippen molar-refractivity contribution < 1.29 is 9.53 Å². The van der Waals surface area contributed by atoms with Gasteiger partial charge in [-0.15, -0.1) is 0 Å². The summed E-state index contributed by atoms with van der Waals surface area (Å²) in [5, 5.41) is 6.26. The van der Waals surface area contributed by atoms with Gasteiger partial charge in [-0.05, 0) is 25.1 Å². The Kier molecular flexibility index (Phi) is 5.38. The zero-order chi connectivity index (χ0) is 20.5. The van der Waals surface area contributed by atoms with Crippen molar-refractivity contribution in [1.82, 2.24) is 24.6 Å². The maximum Gasteiger partial charge on any atom is 0.219 e. The van der Waals surface area contributed by atoms with Gasteiger partial charge in [0.05, 0.1) is 16.8 Å². The summed E-state index contributed by atoms with van der Waals surface area (Å²) in [6, 6.07) is 7.52. The quantitative estimate of drug-likeness (QED) is 0.653. The number of aromatic nitrogens is 4. The fraction of sp³-hybridized carbons (Fsp3) is 0.400. The van der Waals surface area contributed by atoms with Crippen LogP contribution in [0.25, 0.3) is 16.7 Å². The lowest BCUT2D eigenvalue weighted by Crippen LogP contribution is -2.48. The number of amides is 1. The average molecular weight is 415 g/mol. The summed E-state index contributed by atoms with van der Waals surface area (Å²) < 4.78 is 7.09. The van der Waals surface area contributed by atoms with Crippen LogP contribution in [-0.2, 0) is 16.1 Å². The number of methoxy groups -OCH3 is 1. The van der Waals surface area contributed by atoms with Crippen molar-refractivity contribution in [2.45, 2.75) is 20.5 Å². The van der Waals surface area contributed by atoms with Gasteiger partial charge in [0.25, 0.3) is 0 Å². The topological polar surface area (TPSA) is 76.4 Å². The van der Waals surface area contributed by atoms with Crippen LogP contribution in [-0.4, -0.2) is 63.8 Å². The summed E-state index contributed by atoms with van der Waals surface area (Å²) in [5.74, 6) is 1.52. The van der Waals surface area contributed by atoms with Crippen LogP contribution in [0.1, 0.15) is 18.4 Å². The monoisotopic (exact) mass is 414 g/mol. The molecule has 8 nitrogen and oxygen atoms in total. The van der Waals surface area contributed by atoms with E-state index in [-0.39, 0.29) is 5.91 Å². The van der Waals surface area contributed by atoms with Crippen molar-refractivity contribution in [3.8, 4) is 5.69 Å². The molecule has 2 aromatic heterocycles. The van der Waals surface area contributed by atoms with E-state index in [1.54, 1.807) is 18.7 Å². The summed E-state index contributed by atoms with van der Waals surface area (Å²) in [7, 11) is 1.62. The van der Waals surface area contributed by atoms with Gasteiger partial charge in [-0.2, -0.15) is 5.10 Å². The van der Waals surface area contributed by atoms with Crippen LogP contribution in [0.2, 0.25) is 5.02 Å². The molecule has 0 aliphatic carbocycles. The van der Waals surface area contributed by atoms with Crippen LogP contribution in [0, 0.1) is 6.92 Å². The van der Waals surface area contributed by atoms with E-state index in [2.05, 4.69) is 4.90 Å². The third-order valence-electron chi connectivity index (χ3n) is 5.08. The highest BCUT2D eigenvalue weighted by atomic mass is 35.5. The highest BCUT2D eigenvalue weighted by Gasteiger charge is 2.25. The van der Waals surface area contributed by atoms with Gasteiger partial charge < -0.3 is 14.5 Å². The van der Waals surface area contributed by atoms with Crippen LogP contribution in [0.5, 0.6) is 0 Å². The predicted octanol–water partition coefficient (Wildman–Crippen LogP) is 2.59. The molecule has 1 fully saturated rings. The van der Waals surface area contributed by atoms with Gasteiger partial charge in [0.1, 0.15) is 12.4 Å². The maximum absolute atomic E-state index is 11.7. The molecule has 0 bridgehead atoms. The Morgan fingerprint density at radius 1 is 1.21 bits per heavy atom. The molecule has 0 spiro atoms. The largest absolute Gasteiger partial charge is 0.377 e. The van der Waals surface area contributed by atoms with Crippen LogP contribution in [0.4, 0.5) is 5.82 Å². The number of carbonyl (C=O) groups is 1. The smallest absolute Gasteiger partial charge is 0.219 e. The predicted molar refractivity (Wildman–Crippen MR) is 112 cm³/mol. The minimum Gasteiger partial charge on any atom is -0.377 e. The molecule has 152 valence electrons. The van der Waals surface area contributed by atoms with Crippen molar-refractivity contribution in [2.75, 3.05) is 38.2 Å². The van der Waals surface area contributed by atoms with Crippen LogP contribution in [0.15, 0.2) is 24.3 Å². The van der Waals surface area contributed by atoms with Crippen molar-refractivity contribution in [1.29, 1.82) is 0 Å². The fourth-order valence-corrected chi connectivity index (χ4v) is 3.83. The van der Waals surface area contributed by atoms with E-state index >= 15 is 0 Å². The zero-order valence-corrected chi connectivity index (χ0v) is 17.5. The number of piperazine rings is 1. The molecule has 1 aliphatic heterocycles. The standard InChI is InChI=1S/C20H23ClN6O2/c1-13-18-19(26-9-7-25(8-10-26)14(2)28)22-17(12-29-3)23-20(18)27(24-13)16-6-4-5-15(21)11-16/h4-6,11H,7-10,12H2,1-3H3. The van der Waals surface area contributed by atoms with E-state index in [1.165, 1.54) is 0 Å². The van der Waals surface area contributed by atoms with Gasteiger partial charge >= 0.3 is 0 Å². The first kappa shape index (κ1) is 19.6. The molecule has 4 rings (SSSR count). The van der Waals surface area contributed by atoms with Crippen molar-refractivity contribution in [2.24, 2.45) is 0 Å². The molecule has 29 heavy (non-hydrogen) atoms.